The van der Waals surface area contributed by atoms with Gasteiger partial charge < -0.3 is 30.3 Å². The molecule has 5 rings (SSSR count). The maximum Gasteiger partial charge on any atom is 0.251 e. The number of likely N-dealkylation sites (N-methyl/N-ethyl adjacent to an activating group) is 1. The largest absolute Gasteiger partial charge is 0.480 e. The Kier molecular flexibility index (Phi) is 9.30. The summed E-state index contributed by atoms with van der Waals surface area (Å²) in [7, 11) is 1.43. The average molecular weight is 617 g/mol. The van der Waals surface area contributed by atoms with Crippen LogP contribution in [0.1, 0.15) is 62.1 Å². The third-order valence-corrected chi connectivity index (χ3v) is 9.44. The van der Waals surface area contributed by atoms with Crippen molar-refractivity contribution < 1.29 is 33.3 Å². The lowest BCUT2D eigenvalue weighted by Gasteiger charge is -2.38. The Morgan fingerprint density at radius 3 is 2.58 bits per heavy atom. The van der Waals surface area contributed by atoms with Crippen LogP contribution < -0.4 is 15.4 Å². The van der Waals surface area contributed by atoms with Gasteiger partial charge in [0.1, 0.15) is 17.7 Å². The van der Waals surface area contributed by atoms with Crippen LogP contribution in [0.5, 0.6) is 5.75 Å². The van der Waals surface area contributed by atoms with Crippen molar-refractivity contribution in [2.24, 2.45) is 0 Å². The molecule has 2 aliphatic carbocycles. The van der Waals surface area contributed by atoms with E-state index in [2.05, 4.69) is 10.6 Å². The first-order chi connectivity index (χ1) is 20.5. The number of benzene rings is 2. The lowest BCUT2D eigenvalue weighted by molar-refractivity contribution is -0.116. The van der Waals surface area contributed by atoms with E-state index < -0.39 is 41.1 Å². The van der Waals surface area contributed by atoms with Crippen molar-refractivity contribution in [1.29, 1.82) is 0 Å². The summed E-state index contributed by atoms with van der Waals surface area (Å²) in [6.45, 7) is 3.72. The Morgan fingerprint density at radius 1 is 1.23 bits per heavy atom. The number of aliphatic hydroxyl groups excluding tert-OH is 1. The number of amides is 1. The van der Waals surface area contributed by atoms with Gasteiger partial charge in [0.15, 0.2) is 11.8 Å². The smallest absolute Gasteiger partial charge is 0.251 e. The van der Waals surface area contributed by atoms with E-state index in [0.717, 1.165) is 18.4 Å². The minimum Gasteiger partial charge on any atom is -0.480 e. The van der Waals surface area contributed by atoms with E-state index in [-0.39, 0.29) is 46.7 Å². The molecule has 1 amide bonds. The van der Waals surface area contributed by atoms with Crippen LogP contribution in [0.15, 0.2) is 54.1 Å². The van der Waals surface area contributed by atoms with Gasteiger partial charge in [-0.05, 0) is 38.2 Å². The predicted octanol–water partition coefficient (Wildman–Crippen LogP) is 4.94. The minimum absolute atomic E-state index is 0.00495. The molecule has 3 aliphatic rings. The predicted molar refractivity (Wildman–Crippen MR) is 161 cm³/mol. The molecule has 4 atom stereocenters. The first kappa shape index (κ1) is 31.6. The molecule has 1 saturated carbocycles. The van der Waals surface area contributed by atoms with E-state index in [1.165, 1.54) is 25.3 Å². The highest BCUT2D eigenvalue weighted by Crippen LogP contribution is 2.55. The van der Waals surface area contributed by atoms with E-state index in [4.69, 9.17) is 21.1 Å². The number of ether oxygens (including phenoxy) is 2. The molecule has 0 radical (unpaired) electrons. The first-order valence-electron chi connectivity index (χ1n) is 14.8. The molecule has 2 aromatic carbocycles. The molecule has 0 bridgehead atoms. The summed E-state index contributed by atoms with van der Waals surface area (Å²) >= 11 is 6.66. The zero-order valence-corrected chi connectivity index (χ0v) is 25.4. The number of halogens is 3. The van der Waals surface area contributed by atoms with Crippen molar-refractivity contribution in [3.05, 3.63) is 81.7 Å². The van der Waals surface area contributed by atoms with Crippen LogP contribution >= 0.6 is 11.6 Å². The normalized spacial score (nSPS) is 30.2. The van der Waals surface area contributed by atoms with Gasteiger partial charge in [0, 0.05) is 53.9 Å². The SMILES string of the molecule is CNC(=O)C1=C(c2c(Cl)c(F)cc3c2[C@H](C)[C@@](CN[C@H]2CC[C@](C)(O)CC2)(c2ccccc2)O3)C(F)C(OCCO)C=C1. The molecular formula is C33H39ClF2N2O5. The van der Waals surface area contributed by atoms with Gasteiger partial charge >= 0.3 is 0 Å². The number of hydrogen-bond donors (Lipinski definition) is 4. The summed E-state index contributed by atoms with van der Waals surface area (Å²) in [6, 6.07) is 11.0. The Hall–Kier alpha value is -2.82. The lowest BCUT2D eigenvalue weighted by atomic mass is 9.75. The topological polar surface area (TPSA) is 100 Å². The zero-order valence-electron chi connectivity index (χ0n) is 24.6. The van der Waals surface area contributed by atoms with E-state index >= 15 is 8.78 Å². The van der Waals surface area contributed by atoms with Crippen molar-refractivity contribution in [3.8, 4) is 5.75 Å². The fourth-order valence-electron chi connectivity index (χ4n) is 6.60. The van der Waals surface area contributed by atoms with Gasteiger partial charge in [0.2, 0.25) is 0 Å². The summed E-state index contributed by atoms with van der Waals surface area (Å²) < 4.78 is 44.2. The van der Waals surface area contributed by atoms with Gasteiger partial charge in [-0.25, -0.2) is 8.78 Å². The minimum atomic E-state index is -1.88. The Morgan fingerprint density at radius 2 is 1.93 bits per heavy atom. The van der Waals surface area contributed by atoms with Crippen LogP contribution in [-0.4, -0.2) is 66.8 Å². The molecular weight excluding hydrogens is 578 g/mol. The van der Waals surface area contributed by atoms with Crippen LogP contribution in [0.2, 0.25) is 5.02 Å². The second kappa shape index (κ2) is 12.7. The summed E-state index contributed by atoms with van der Waals surface area (Å²) in [5.74, 6) is -1.59. The van der Waals surface area contributed by atoms with E-state index in [9.17, 15) is 15.0 Å². The third kappa shape index (κ3) is 5.98. The van der Waals surface area contributed by atoms with Crippen molar-refractivity contribution >= 4 is 23.1 Å². The second-order valence-corrected chi connectivity index (χ2v) is 12.3. The number of carbonyl (C=O) groups is 1. The molecule has 0 spiro atoms. The highest BCUT2D eigenvalue weighted by molar-refractivity contribution is 6.33. The Labute approximate surface area is 255 Å². The van der Waals surface area contributed by atoms with Gasteiger partial charge in [0.05, 0.1) is 23.8 Å². The molecule has 43 heavy (non-hydrogen) atoms. The van der Waals surface area contributed by atoms with Crippen molar-refractivity contribution in [2.75, 3.05) is 26.8 Å². The number of rotatable bonds is 9. The van der Waals surface area contributed by atoms with E-state index in [0.29, 0.717) is 24.9 Å². The fourth-order valence-corrected chi connectivity index (χ4v) is 6.86. The van der Waals surface area contributed by atoms with E-state index in [1.54, 1.807) is 0 Å². The van der Waals surface area contributed by atoms with Gasteiger partial charge in [0.25, 0.3) is 5.91 Å². The molecule has 10 heteroatoms. The number of aliphatic hydroxyl groups is 2. The Balaban J connectivity index is 1.62. The number of alkyl halides is 1. The summed E-state index contributed by atoms with van der Waals surface area (Å²) in [4.78, 5) is 13.0. The number of nitrogens with one attached hydrogen (secondary N) is 2. The molecule has 7 nitrogen and oxygen atoms in total. The molecule has 1 heterocycles. The fraction of sp³-hybridized carbons (Fsp3) is 0.485. The monoisotopic (exact) mass is 616 g/mol. The van der Waals surface area contributed by atoms with Crippen LogP contribution in [0, 0.1) is 5.82 Å². The van der Waals surface area contributed by atoms with Gasteiger partial charge in [-0.3, -0.25) is 4.79 Å². The zero-order chi connectivity index (χ0) is 30.9. The number of fused-ring (bicyclic) bond motifs is 1. The van der Waals surface area contributed by atoms with Crippen molar-refractivity contribution in [1.82, 2.24) is 10.6 Å². The van der Waals surface area contributed by atoms with Gasteiger partial charge in [-0.2, -0.15) is 0 Å². The molecule has 4 N–H and O–H groups in total. The summed E-state index contributed by atoms with van der Waals surface area (Å²) in [5, 5.41) is 25.6. The molecule has 232 valence electrons. The Bertz CT molecular complexity index is 1410. The highest BCUT2D eigenvalue weighted by Gasteiger charge is 2.51. The average Bonchev–Trinajstić information content (AvgIpc) is 3.28. The highest BCUT2D eigenvalue weighted by atomic mass is 35.5. The number of carbonyl (C=O) groups excluding carboxylic acids is 1. The summed E-state index contributed by atoms with van der Waals surface area (Å²) in [5.41, 5.74) is -0.355. The molecule has 1 fully saturated rings. The maximum absolute atomic E-state index is 16.4. The second-order valence-electron chi connectivity index (χ2n) is 11.9. The van der Waals surface area contributed by atoms with Gasteiger partial charge in [-0.1, -0.05) is 61.0 Å². The van der Waals surface area contributed by atoms with Crippen LogP contribution in [0.4, 0.5) is 8.78 Å². The standard InChI is InChI=1S/C33H39ClF2N2O5/c1-19-26-25(43-33(19,20-7-5-4-6-8-20)18-38-21-11-13-32(2,41)14-12-21)17-23(35)29(34)28(26)27-22(31(40)37-3)9-10-24(30(27)36)42-16-15-39/h4-10,17,19,21,24,30,38-39,41H,11-16,18H2,1-3H3,(H,37,40)/t19-,21-,24?,30?,32-,33-/m0/s1. The molecule has 0 saturated heterocycles. The van der Waals surface area contributed by atoms with Crippen LogP contribution in [0.25, 0.3) is 5.57 Å². The van der Waals surface area contributed by atoms with Crippen molar-refractivity contribution in [3.63, 3.8) is 0 Å². The van der Waals surface area contributed by atoms with Crippen molar-refractivity contribution in [2.45, 2.75) is 75.0 Å². The van der Waals surface area contributed by atoms with Crippen LogP contribution in [0.3, 0.4) is 0 Å². The van der Waals surface area contributed by atoms with E-state index in [1.807, 2.05) is 44.2 Å². The third-order valence-electron chi connectivity index (χ3n) is 9.07. The van der Waals surface area contributed by atoms with Gasteiger partial charge in [-0.15, -0.1) is 0 Å². The number of hydrogen-bond acceptors (Lipinski definition) is 6. The summed E-state index contributed by atoms with van der Waals surface area (Å²) in [6.07, 6.45) is 2.80. The maximum atomic E-state index is 16.4. The molecule has 2 unspecified atom stereocenters. The molecule has 1 aliphatic heterocycles. The lowest BCUT2D eigenvalue weighted by Crippen LogP contribution is -2.49. The van der Waals surface area contributed by atoms with Crippen LogP contribution in [-0.2, 0) is 15.1 Å². The molecule has 0 aromatic heterocycles. The quantitative estimate of drug-likeness (QED) is 0.319. The molecule has 2 aromatic rings. The first-order valence-corrected chi connectivity index (χ1v) is 15.1.